The van der Waals surface area contributed by atoms with E-state index in [4.69, 9.17) is 23.2 Å². The maximum absolute atomic E-state index is 11.3. The minimum absolute atomic E-state index is 0.137. The molecular formula is C19H20Cl2N2O2. The molecule has 1 aliphatic rings. The van der Waals surface area contributed by atoms with Crippen molar-refractivity contribution in [2.24, 2.45) is 5.92 Å². The van der Waals surface area contributed by atoms with Crippen LogP contribution in [0.15, 0.2) is 36.5 Å². The van der Waals surface area contributed by atoms with Crippen LogP contribution in [0, 0.1) is 12.8 Å². The fourth-order valence-corrected chi connectivity index (χ4v) is 3.85. The van der Waals surface area contributed by atoms with Crippen molar-refractivity contribution in [3.05, 3.63) is 63.4 Å². The molecule has 4 nitrogen and oxygen atoms in total. The summed E-state index contributed by atoms with van der Waals surface area (Å²) in [5.74, 6) is -0.998. The summed E-state index contributed by atoms with van der Waals surface area (Å²) in [4.78, 5) is 18.1. The molecule has 1 aromatic carbocycles. The Balaban J connectivity index is 2.00. The highest BCUT2D eigenvalue weighted by atomic mass is 35.5. The van der Waals surface area contributed by atoms with E-state index in [1.807, 2.05) is 31.2 Å². The van der Waals surface area contributed by atoms with Gasteiger partial charge in [0.1, 0.15) is 0 Å². The molecule has 132 valence electrons. The molecule has 1 atom stereocenters. The van der Waals surface area contributed by atoms with Gasteiger partial charge in [-0.15, -0.1) is 0 Å². The molecule has 2 aromatic rings. The number of halogens is 2. The highest BCUT2D eigenvalue weighted by Gasteiger charge is 2.32. The number of rotatable bonds is 4. The monoisotopic (exact) mass is 378 g/mol. The summed E-state index contributed by atoms with van der Waals surface area (Å²) >= 11 is 12.7. The van der Waals surface area contributed by atoms with Crippen molar-refractivity contribution < 1.29 is 9.90 Å². The summed E-state index contributed by atoms with van der Waals surface area (Å²) < 4.78 is 0. The van der Waals surface area contributed by atoms with Crippen molar-refractivity contribution >= 4 is 29.2 Å². The van der Waals surface area contributed by atoms with Crippen LogP contribution < -0.4 is 0 Å². The molecule has 0 aliphatic carbocycles. The minimum atomic E-state index is -0.717. The summed E-state index contributed by atoms with van der Waals surface area (Å²) in [5, 5.41) is 10.3. The summed E-state index contributed by atoms with van der Waals surface area (Å²) in [6.07, 6.45) is 3.02. The number of carbonyl (C=O) groups is 1. The van der Waals surface area contributed by atoms with Crippen LogP contribution >= 0.6 is 23.2 Å². The molecule has 25 heavy (non-hydrogen) atoms. The van der Waals surface area contributed by atoms with Gasteiger partial charge in [0.05, 0.1) is 27.7 Å². The van der Waals surface area contributed by atoms with E-state index >= 15 is 0 Å². The first-order chi connectivity index (χ1) is 12.0. The van der Waals surface area contributed by atoms with Crippen LogP contribution in [0.4, 0.5) is 0 Å². The van der Waals surface area contributed by atoms with E-state index in [9.17, 15) is 9.90 Å². The van der Waals surface area contributed by atoms with Crippen molar-refractivity contribution in [1.82, 2.24) is 9.88 Å². The number of benzene rings is 1. The smallest absolute Gasteiger partial charge is 0.306 e. The van der Waals surface area contributed by atoms with Crippen molar-refractivity contribution in [3.8, 4) is 0 Å². The summed E-state index contributed by atoms with van der Waals surface area (Å²) in [6, 6.07) is 9.42. The molecule has 3 rings (SSSR count). The molecule has 1 saturated heterocycles. The molecule has 0 radical (unpaired) electrons. The molecule has 0 spiro atoms. The number of hydrogen-bond donors (Lipinski definition) is 1. The second kappa shape index (κ2) is 7.73. The van der Waals surface area contributed by atoms with Gasteiger partial charge in [-0.1, -0.05) is 41.4 Å². The topological polar surface area (TPSA) is 53.4 Å². The molecule has 1 fully saturated rings. The molecular weight excluding hydrogens is 359 g/mol. The Morgan fingerprint density at radius 3 is 2.60 bits per heavy atom. The number of aromatic nitrogens is 1. The average Bonchev–Trinajstić information content (AvgIpc) is 2.61. The number of carboxylic acid groups (broad SMARTS) is 1. The zero-order valence-electron chi connectivity index (χ0n) is 14.0. The summed E-state index contributed by atoms with van der Waals surface area (Å²) in [5.41, 5.74) is 2.91. The predicted octanol–water partition coefficient (Wildman–Crippen LogP) is 4.58. The summed E-state index contributed by atoms with van der Waals surface area (Å²) in [7, 11) is 0. The van der Waals surface area contributed by atoms with Crippen LogP contribution in [-0.4, -0.2) is 34.0 Å². The van der Waals surface area contributed by atoms with Gasteiger partial charge in [-0.3, -0.25) is 14.7 Å². The summed E-state index contributed by atoms with van der Waals surface area (Å²) in [6.45, 7) is 3.39. The second-order valence-corrected chi connectivity index (χ2v) is 7.18. The predicted molar refractivity (Wildman–Crippen MR) is 99.2 cm³/mol. The zero-order valence-corrected chi connectivity index (χ0v) is 15.5. The Bertz CT molecular complexity index is 774. The van der Waals surface area contributed by atoms with E-state index in [1.165, 1.54) is 0 Å². The number of aliphatic carboxylic acids is 1. The Morgan fingerprint density at radius 1 is 1.24 bits per heavy atom. The van der Waals surface area contributed by atoms with Gasteiger partial charge in [0.25, 0.3) is 0 Å². The lowest BCUT2D eigenvalue weighted by molar-refractivity contribution is -0.143. The number of pyridine rings is 1. The maximum Gasteiger partial charge on any atom is 0.306 e. The van der Waals surface area contributed by atoms with Gasteiger partial charge in [-0.05, 0) is 56.1 Å². The maximum atomic E-state index is 11.3. The third-order valence-corrected chi connectivity index (χ3v) is 5.66. The molecule has 0 bridgehead atoms. The first-order valence-electron chi connectivity index (χ1n) is 8.31. The molecule has 0 amide bonds. The van der Waals surface area contributed by atoms with E-state index < -0.39 is 5.97 Å². The van der Waals surface area contributed by atoms with Crippen molar-refractivity contribution in [2.75, 3.05) is 13.1 Å². The molecule has 0 saturated carbocycles. The molecule has 1 aliphatic heterocycles. The molecule has 1 unspecified atom stereocenters. The van der Waals surface area contributed by atoms with E-state index in [0.717, 1.165) is 16.8 Å². The number of hydrogen-bond acceptors (Lipinski definition) is 3. The van der Waals surface area contributed by atoms with Crippen molar-refractivity contribution in [3.63, 3.8) is 0 Å². The van der Waals surface area contributed by atoms with Crippen LogP contribution in [0.3, 0.4) is 0 Å². The number of nitrogens with zero attached hydrogens (tertiary/aromatic N) is 2. The molecule has 1 N–H and O–H groups in total. The lowest BCUT2D eigenvalue weighted by Crippen LogP contribution is -2.39. The van der Waals surface area contributed by atoms with E-state index in [-0.39, 0.29) is 12.0 Å². The Kier molecular flexibility index (Phi) is 5.62. The first-order valence-corrected chi connectivity index (χ1v) is 9.07. The lowest BCUT2D eigenvalue weighted by Gasteiger charge is -2.37. The van der Waals surface area contributed by atoms with Crippen LogP contribution in [0.25, 0.3) is 0 Å². The number of aryl methyl sites for hydroxylation is 1. The number of carboxylic acids is 1. The van der Waals surface area contributed by atoms with E-state index in [1.54, 1.807) is 12.3 Å². The number of likely N-dealkylation sites (tertiary alicyclic amines) is 1. The third-order valence-electron chi connectivity index (χ3n) is 4.83. The first kappa shape index (κ1) is 18.2. The van der Waals surface area contributed by atoms with Gasteiger partial charge < -0.3 is 5.11 Å². The van der Waals surface area contributed by atoms with Crippen LogP contribution in [-0.2, 0) is 4.79 Å². The van der Waals surface area contributed by atoms with E-state index in [0.29, 0.717) is 36.0 Å². The zero-order chi connectivity index (χ0) is 18.0. The Morgan fingerprint density at radius 2 is 1.96 bits per heavy atom. The molecule has 2 heterocycles. The Labute approximate surface area is 157 Å². The van der Waals surface area contributed by atoms with Gasteiger partial charge in [0.2, 0.25) is 0 Å². The van der Waals surface area contributed by atoms with Gasteiger partial charge in [0, 0.05) is 6.20 Å². The second-order valence-electron chi connectivity index (χ2n) is 6.40. The SMILES string of the molecule is Cc1cccnc1C(c1cccc(Cl)c1Cl)N1CCC(C(=O)O)CC1. The van der Waals surface area contributed by atoms with Crippen LogP contribution in [0.5, 0.6) is 0 Å². The Hall–Kier alpha value is -1.62. The average molecular weight is 379 g/mol. The van der Waals surface area contributed by atoms with Crippen molar-refractivity contribution in [2.45, 2.75) is 25.8 Å². The molecule has 6 heteroatoms. The fraction of sp³-hybridized carbons (Fsp3) is 0.368. The van der Waals surface area contributed by atoms with Gasteiger partial charge in [-0.2, -0.15) is 0 Å². The van der Waals surface area contributed by atoms with Crippen LogP contribution in [0.1, 0.15) is 35.7 Å². The van der Waals surface area contributed by atoms with E-state index in [2.05, 4.69) is 9.88 Å². The standard InChI is InChI=1S/C19H20Cl2N2O2/c1-12-4-3-9-22-17(12)18(14-5-2-6-15(20)16(14)21)23-10-7-13(8-11-23)19(24)25/h2-6,9,13,18H,7-8,10-11H2,1H3,(H,24,25). The largest absolute Gasteiger partial charge is 0.481 e. The quantitative estimate of drug-likeness (QED) is 0.845. The van der Waals surface area contributed by atoms with Crippen LogP contribution in [0.2, 0.25) is 10.0 Å². The fourth-order valence-electron chi connectivity index (χ4n) is 3.44. The highest BCUT2D eigenvalue weighted by Crippen LogP contribution is 2.38. The lowest BCUT2D eigenvalue weighted by atomic mass is 9.92. The molecule has 1 aromatic heterocycles. The third kappa shape index (κ3) is 3.81. The normalized spacial score (nSPS) is 17.4. The minimum Gasteiger partial charge on any atom is -0.481 e. The van der Waals surface area contributed by atoms with Gasteiger partial charge >= 0.3 is 5.97 Å². The highest BCUT2D eigenvalue weighted by molar-refractivity contribution is 6.42. The van der Waals surface area contributed by atoms with Gasteiger partial charge in [0.15, 0.2) is 0 Å². The van der Waals surface area contributed by atoms with Crippen molar-refractivity contribution in [1.29, 1.82) is 0 Å². The van der Waals surface area contributed by atoms with Gasteiger partial charge in [-0.25, -0.2) is 0 Å². The number of piperidine rings is 1.